The van der Waals surface area contributed by atoms with Gasteiger partial charge in [-0.05, 0) is 55.4 Å². The van der Waals surface area contributed by atoms with Gasteiger partial charge < -0.3 is 57.3 Å². The van der Waals surface area contributed by atoms with Gasteiger partial charge in [-0.1, -0.05) is 0 Å². The van der Waals surface area contributed by atoms with Gasteiger partial charge in [0.1, 0.15) is 0 Å². The van der Waals surface area contributed by atoms with Crippen molar-refractivity contribution in [2.75, 3.05) is 52.9 Å². The van der Waals surface area contributed by atoms with Crippen LogP contribution < -0.4 is 0 Å². The molecule has 0 radical (unpaired) electrons. The Balaban J connectivity index is 6.49. The van der Waals surface area contributed by atoms with Gasteiger partial charge in [0.25, 0.3) is 0 Å². The van der Waals surface area contributed by atoms with Crippen molar-refractivity contribution in [2.45, 2.75) is 55.4 Å². The summed E-state index contributed by atoms with van der Waals surface area (Å²) in [6, 6.07) is 0. The summed E-state index contributed by atoms with van der Waals surface area (Å²) in [5, 5.41) is 0. The van der Waals surface area contributed by atoms with Crippen LogP contribution >= 0.6 is 0 Å². The maximum Gasteiger partial charge on any atom is 0.673 e. The molecule has 13 nitrogen and oxygen atoms in total. The first-order chi connectivity index (χ1) is 15.6. The van der Waals surface area contributed by atoms with E-state index in [0.29, 0.717) is 0 Å². The van der Waals surface area contributed by atoms with E-state index in [-0.39, 0.29) is 52.9 Å². The lowest BCUT2D eigenvalue weighted by Gasteiger charge is -2.39. The summed E-state index contributed by atoms with van der Waals surface area (Å²) in [5.74, 6) is 0. The van der Waals surface area contributed by atoms with Crippen molar-refractivity contribution < 1.29 is 57.3 Å². The average Bonchev–Trinajstić information content (AvgIpc) is 2.68. The van der Waals surface area contributed by atoms with E-state index in [0.717, 1.165) is 0 Å². The van der Waals surface area contributed by atoms with E-state index in [1.165, 1.54) is 0 Å². The number of hydrogen-bond donors (Lipinski definition) is 2. The van der Waals surface area contributed by atoms with Crippen LogP contribution in [0.2, 0.25) is 0 Å². The summed E-state index contributed by atoms with van der Waals surface area (Å²) in [7, 11) is -17.2. The quantitative estimate of drug-likeness (QED) is 0.184. The van der Waals surface area contributed by atoms with E-state index in [4.69, 9.17) is 47.8 Å². The average molecular weight is 555 g/mol. The Bertz CT molecular complexity index is 474. The zero-order valence-corrected chi connectivity index (χ0v) is 25.0. The molecule has 200 valence electrons. The fraction of sp³-hybridized carbons (Fsp3) is 1.00. The van der Waals surface area contributed by atoms with E-state index < -0.39 is 36.2 Å². The maximum absolute atomic E-state index is 10.3. The minimum Gasteiger partial charge on any atom is -0.368 e. The molecule has 0 aromatic heterocycles. The van der Waals surface area contributed by atoms with Gasteiger partial charge in [-0.15, -0.1) is 0 Å². The first-order valence-corrected chi connectivity index (χ1v) is 17.9. The molecule has 0 fully saturated rings. The second-order valence-corrected chi connectivity index (χ2v) is 14.7. The summed E-state index contributed by atoms with van der Waals surface area (Å²) in [5.41, 5.74) is 0. The van der Waals surface area contributed by atoms with Crippen LogP contribution in [0.15, 0.2) is 0 Å². The predicted octanol–water partition coefficient (Wildman–Crippen LogP) is 1.06. The molecule has 0 rings (SSSR count). The molecule has 0 saturated heterocycles. The molecule has 33 heavy (non-hydrogen) atoms. The zero-order chi connectivity index (χ0) is 25.4. The zero-order valence-electron chi connectivity index (χ0n) is 21.0. The summed E-state index contributed by atoms with van der Waals surface area (Å²) in [6.45, 7) is 14.6. The maximum atomic E-state index is 10.3. The van der Waals surface area contributed by atoms with E-state index in [1.54, 1.807) is 55.4 Å². The molecular weight excluding hydrogens is 513 g/mol. The molecule has 0 aromatic carbocycles. The predicted molar refractivity (Wildman–Crippen MR) is 124 cm³/mol. The third-order valence-electron chi connectivity index (χ3n) is 3.34. The van der Waals surface area contributed by atoms with Crippen molar-refractivity contribution in [3.05, 3.63) is 0 Å². The summed E-state index contributed by atoms with van der Waals surface area (Å²) in [4.78, 5) is 20.6. The first kappa shape index (κ1) is 33.3. The molecule has 0 aliphatic carbocycles. The fourth-order valence-corrected chi connectivity index (χ4v) is 13.4. The molecular formula is C16H42O13Si4. The van der Waals surface area contributed by atoms with Gasteiger partial charge in [-0.2, -0.15) is 0 Å². The molecule has 2 N–H and O–H groups in total. The third kappa shape index (κ3) is 11.8. The number of rotatable bonds is 22. The monoisotopic (exact) mass is 554 g/mol. The topological polar surface area (TPSA) is 142 Å². The van der Waals surface area contributed by atoms with Crippen LogP contribution in [0, 0.1) is 0 Å². The lowest BCUT2D eigenvalue weighted by atomic mass is 10.9. The largest absolute Gasteiger partial charge is 0.673 e. The van der Waals surface area contributed by atoms with Gasteiger partial charge in [-0.25, -0.2) is 0 Å². The van der Waals surface area contributed by atoms with E-state index in [1.807, 2.05) is 0 Å². The van der Waals surface area contributed by atoms with Crippen molar-refractivity contribution in [3.63, 3.8) is 0 Å². The van der Waals surface area contributed by atoms with E-state index in [9.17, 15) is 9.59 Å². The van der Waals surface area contributed by atoms with Crippen LogP contribution in [0.4, 0.5) is 0 Å². The summed E-state index contributed by atoms with van der Waals surface area (Å²) in [6.07, 6.45) is 0. The van der Waals surface area contributed by atoms with E-state index >= 15 is 0 Å². The minimum atomic E-state index is -4.70. The molecule has 0 unspecified atom stereocenters. The van der Waals surface area contributed by atoms with Gasteiger partial charge in [0.2, 0.25) is 0 Å². The van der Waals surface area contributed by atoms with Crippen LogP contribution in [-0.4, -0.2) is 98.6 Å². The highest BCUT2D eigenvalue weighted by Gasteiger charge is 2.68. The summed E-state index contributed by atoms with van der Waals surface area (Å²) < 4.78 is 63.2. The molecule has 0 aliphatic heterocycles. The van der Waals surface area contributed by atoms with Crippen LogP contribution in [-0.2, 0) is 47.8 Å². The van der Waals surface area contributed by atoms with Crippen LogP contribution in [0.3, 0.4) is 0 Å². The van der Waals surface area contributed by atoms with Crippen molar-refractivity contribution in [3.8, 4) is 0 Å². The highest BCUT2D eigenvalue weighted by molar-refractivity contribution is 6.77. The van der Waals surface area contributed by atoms with Gasteiger partial charge >= 0.3 is 36.2 Å². The Morgan fingerprint density at radius 1 is 0.364 bits per heavy atom. The molecule has 0 aliphatic rings. The molecule has 0 bridgehead atoms. The van der Waals surface area contributed by atoms with Crippen molar-refractivity contribution in [2.24, 2.45) is 0 Å². The molecule has 17 heteroatoms. The highest BCUT2D eigenvalue weighted by atomic mass is 28.5. The SMILES string of the molecule is CCO[Si](O)(O)O[Si](OCC)(OCC)O[Si](OCC)(OCC)O[Si](OCC)(OCC)OCC. The molecule has 0 heterocycles. The smallest absolute Gasteiger partial charge is 0.368 e. The number of hydrogen-bond acceptors (Lipinski definition) is 13. The molecule has 0 saturated carbocycles. The van der Waals surface area contributed by atoms with Gasteiger partial charge in [0.15, 0.2) is 0 Å². The molecule has 0 amide bonds. The lowest BCUT2D eigenvalue weighted by molar-refractivity contribution is -0.0766. The van der Waals surface area contributed by atoms with E-state index in [2.05, 4.69) is 0 Å². The normalized spacial score (nSPS) is 13.6. The second kappa shape index (κ2) is 16.9. The third-order valence-corrected chi connectivity index (χ3v) is 14.6. The fourth-order valence-electron chi connectivity index (χ4n) is 2.50. The Morgan fingerprint density at radius 2 is 0.606 bits per heavy atom. The highest BCUT2D eigenvalue weighted by Crippen LogP contribution is 2.28. The first-order valence-electron chi connectivity index (χ1n) is 11.3. The Kier molecular flexibility index (Phi) is 17.1. The molecule has 0 atom stereocenters. The Morgan fingerprint density at radius 3 is 0.909 bits per heavy atom. The van der Waals surface area contributed by atoms with Crippen molar-refractivity contribution >= 4 is 36.2 Å². The lowest BCUT2D eigenvalue weighted by Crippen LogP contribution is -2.69. The molecule has 0 aromatic rings. The van der Waals surface area contributed by atoms with Crippen molar-refractivity contribution in [1.82, 2.24) is 0 Å². The van der Waals surface area contributed by atoms with Crippen LogP contribution in [0.1, 0.15) is 55.4 Å². The Labute approximate surface area is 202 Å². The molecule has 0 spiro atoms. The van der Waals surface area contributed by atoms with Crippen molar-refractivity contribution in [1.29, 1.82) is 0 Å². The second-order valence-electron chi connectivity index (χ2n) is 5.82. The van der Waals surface area contributed by atoms with Crippen LogP contribution in [0.5, 0.6) is 0 Å². The van der Waals surface area contributed by atoms with Crippen LogP contribution in [0.25, 0.3) is 0 Å². The van der Waals surface area contributed by atoms with Gasteiger partial charge in [0, 0.05) is 52.9 Å². The minimum absolute atomic E-state index is 0.0208. The summed E-state index contributed by atoms with van der Waals surface area (Å²) >= 11 is 0. The Hall–Kier alpha value is 0.348. The van der Waals surface area contributed by atoms with Gasteiger partial charge in [-0.3, -0.25) is 0 Å². The standard InChI is InChI=1S/C16H42O13Si4/c1-9-19-30(17,18)27-32(23-13-5,24-14-6)29-33(25-15-7,26-16-8)28-31(20-10-2,21-11-3)22-12-4/h17-18H,9-16H2,1-8H3. The van der Waals surface area contributed by atoms with Gasteiger partial charge in [0.05, 0.1) is 0 Å².